The van der Waals surface area contributed by atoms with E-state index in [1.54, 1.807) is 20.9 Å². The van der Waals surface area contributed by atoms with Crippen molar-refractivity contribution < 1.29 is 27.1 Å². The molecule has 1 fully saturated rings. The van der Waals surface area contributed by atoms with Crippen molar-refractivity contribution in [2.75, 3.05) is 18.5 Å². The van der Waals surface area contributed by atoms with Gasteiger partial charge in [-0.1, -0.05) is 0 Å². The quantitative estimate of drug-likeness (QED) is 0.700. The van der Waals surface area contributed by atoms with Crippen molar-refractivity contribution >= 4 is 27.6 Å². The molecule has 2 aromatic rings. The molecule has 1 aromatic carbocycles. The number of esters is 1. The number of hydrogen-bond donors (Lipinski definition) is 1. The number of aromatic nitrogens is 1. The Balaban J connectivity index is 1.84. The van der Waals surface area contributed by atoms with Gasteiger partial charge in [0.25, 0.3) is 0 Å². The molecular weight excluding hydrogens is 413 g/mol. The van der Waals surface area contributed by atoms with Gasteiger partial charge in [0.1, 0.15) is 22.4 Å². The number of carbonyl (C=O) groups excluding carboxylic acids is 2. The topological polar surface area (TPSA) is 97.7 Å². The zero-order valence-electron chi connectivity index (χ0n) is 17.0. The number of carbonyl (C=O) groups is 2. The molecule has 1 saturated heterocycles. The molecule has 0 saturated carbocycles. The lowest BCUT2D eigenvalue weighted by Crippen LogP contribution is -2.43. The highest BCUT2D eigenvalue weighted by molar-refractivity contribution is 7.89. The van der Waals surface area contributed by atoms with E-state index in [-0.39, 0.29) is 23.7 Å². The van der Waals surface area contributed by atoms with Crippen molar-refractivity contribution in [1.29, 1.82) is 0 Å². The van der Waals surface area contributed by atoms with Crippen LogP contribution in [0, 0.1) is 12.7 Å². The second-order valence-corrected chi connectivity index (χ2v) is 9.01. The van der Waals surface area contributed by atoms with Gasteiger partial charge < -0.3 is 14.6 Å². The zero-order valence-corrected chi connectivity index (χ0v) is 17.8. The van der Waals surface area contributed by atoms with E-state index in [9.17, 15) is 22.4 Å². The normalized spacial score (nSPS) is 17.1. The van der Waals surface area contributed by atoms with Crippen molar-refractivity contribution in [3.05, 3.63) is 47.5 Å². The molecule has 1 N–H and O–H groups in total. The van der Waals surface area contributed by atoms with Gasteiger partial charge in [-0.15, -0.1) is 0 Å². The summed E-state index contributed by atoms with van der Waals surface area (Å²) in [6.07, 6.45) is 2.22. The Morgan fingerprint density at radius 2 is 2.03 bits per heavy atom. The van der Waals surface area contributed by atoms with Gasteiger partial charge in [0, 0.05) is 25.5 Å². The third-order valence-corrected chi connectivity index (χ3v) is 6.90. The third-order valence-electron chi connectivity index (χ3n) is 5.02. The van der Waals surface area contributed by atoms with Crippen LogP contribution in [-0.2, 0) is 26.6 Å². The van der Waals surface area contributed by atoms with Crippen LogP contribution in [-0.4, -0.2) is 48.4 Å². The van der Waals surface area contributed by atoms with Crippen LogP contribution in [0.5, 0.6) is 0 Å². The van der Waals surface area contributed by atoms with Crippen molar-refractivity contribution in [1.82, 2.24) is 8.87 Å². The summed E-state index contributed by atoms with van der Waals surface area (Å²) in [6.45, 7) is 3.67. The zero-order chi connectivity index (χ0) is 22.1. The lowest BCUT2D eigenvalue weighted by molar-refractivity contribution is -0.119. The predicted molar refractivity (Wildman–Crippen MR) is 108 cm³/mol. The average molecular weight is 437 g/mol. The van der Waals surface area contributed by atoms with Crippen molar-refractivity contribution in [3.8, 4) is 0 Å². The molecule has 0 bridgehead atoms. The average Bonchev–Trinajstić information content (AvgIpc) is 3.32. The molecule has 1 aromatic heterocycles. The van der Waals surface area contributed by atoms with E-state index in [0.717, 1.165) is 4.31 Å². The van der Waals surface area contributed by atoms with Gasteiger partial charge in [-0.2, -0.15) is 4.31 Å². The van der Waals surface area contributed by atoms with Gasteiger partial charge in [-0.3, -0.25) is 4.79 Å². The van der Waals surface area contributed by atoms with E-state index in [1.165, 1.54) is 35.0 Å². The lowest BCUT2D eigenvalue weighted by atomic mass is 10.1. The Morgan fingerprint density at radius 1 is 1.30 bits per heavy atom. The fourth-order valence-corrected chi connectivity index (χ4v) is 5.22. The van der Waals surface area contributed by atoms with Crippen LogP contribution in [0.1, 0.15) is 35.8 Å². The van der Waals surface area contributed by atoms with Gasteiger partial charge in [0.05, 0.1) is 6.61 Å². The summed E-state index contributed by atoms with van der Waals surface area (Å²) >= 11 is 0. The van der Waals surface area contributed by atoms with E-state index in [2.05, 4.69) is 5.32 Å². The SMILES string of the molecule is CCOC(=O)c1cc(S(=O)(=O)N2CCC[C@H]2C(=O)Nc2ccc(F)cc2C)cn1C. The van der Waals surface area contributed by atoms with Gasteiger partial charge >= 0.3 is 5.97 Å². The second-order valence-electron chi connectivity index (χ2n) is 7.11. The Morgan fingerprint density at radius 3 is 2.70 bits per heavy atom. The van der Waals surface area contributed by atoms with Gasteiger partial charge in [0.15, 0.2) is 0 Å². The molecule has 0 radical (unpaired) electrons. The number of sulfonamides is 1. The maximum atomic E-state index is 13.3. The number of anilines is 1. The van der Waals surface area contributed by atoms with Gasteiger partial charge in [-0.25, -0.2) is 17.6 Å². The predicted octanol–water partition coefficient (Wildman–Crippen LogP) is 2.44. The van der Waals surface area contributed by atoms with Crippen LogP contribution < -0.4 is 5.32 Å². The first kappa shape index (κ1) is 22.0. The van der Waals surface area contributed by atoms with E-state index >= 15 is 0 Å². The Hall–Kier alpha value is -2.72. The minimum absolute atomic E-state index is 0.0780. The van der Waals surface area contributed by atoms with E-state index in [0.29, 0.717) is 24.1 Å². The summed E-state index contributed by atoms with van der Waals surface area (Å²) in [5, 5.41) is 2.69. The summed E-state index contributed by atoms with van der Waals surface area (Å²) < 4.78 is 47.2. The number of amides is 1. The highest BCUT2D eigenvalue weighted by Gasteiger charge is 2.40. The smallest absolute Gasteiger partial charge is 0.354 e. The lowest BCUT2D eigenvalue weighted by Gasteiger charge is -2.23. The highest BCUT2D eigenvalue weighted by Crippen LogP contribution is 2.28. The molecule has 1 atom stereocenters. The minimum Gasteiger partial charge on any atom is -0.461 e. The molecule has 8 nitrogen and oxygen atoms in total. The number of halogens is 1. The molecule has 1 amide bonds. The molecule has 3 rings (SSSR count). The monoisotopic (exact) mass is 437 g/mol. The van der Waals surface area contributed by atoms with Crippen molar-refractivity contribution in [2.45, 2.75) is 37.6 Å². The molecule has 1 aliphatic rings. The van der Waals surface area contributed by atoms with E-state index < -0.39 is 33.8 Å². The van der Waals surface area contributed by atoms with Crippen LogP contribution in [0.15, 0.2) is 35.4 Å². The first-order valence-electron chi connectivity index (χ1n) is 9.57. The summed E-state index contributed by atoms with van der Waals surface area (Å²) in [6, 6.07) is 4.32. The number of nitrogens with one attached hydrogen (secondary N) is 1. The third kappa shape index (κ3) is 4.24. The second kappa shape index (κ2) is 8.57. The van der Waals surface area contributed by atoms with E-state index in [1.807, 2.05) is 0 Å². The Bertz CT molecular complexity index is 1080. The summed E-state index contributed by atoms with van der Waals surface area (Å²) in [7, 11) is -2.46. The largest absolute Gasteiger partial charge is 0.461 e. The molecule has 2 heterocycles. The molecule has 0 aliphatic carbocycles. The maximum absolute atomic E-state index is 13.3. The number of ether oxygens (including phenoxy) is 1. The Kier molecular flexibility index (Phi) is 6.27. The van der Waals surface area contributed by atoms with E-state index in [4.69, 9.17) is 4.74 Å². The van der Waals surface area contributed by atoms with Crippen LogP contribution in [0.4, 0.5) is 10.1 Å². The van der Waals surface area contributed by atoms with Crippen LogP contribution in [0.2, 0.25) is 0 Å². The van der Waals surface area contributed by atoms with Gasteiger partial charge in [-0.05, 0) is 56.5 Å². The molecule has 0 spiro atoms. The molecule has 0 unspecified atom stereocenters. The standard InChI is InChI=1S/C20H24FN3O5S/c1-4-29-20(26)18-11-15(12-23(18)3)30(27,28)24-9-5-6-17(24)19(25)22-16-8-7-14(21)10-13(16)2/h7-8,10-12,17H,4-6,9H2,1-3H3,(H,22,25)/t17-/m0/s1. The molecule has 30 heavy (non-hydrogen) atoms. The van der Waals surface area contributed by atoms with Crippen LogP contribution >= 0.6 is 0 Å². The van der Waals surface area contributed by atoms with Crippen LogP contribution in [0.3, 0.4) is 0 Å². The molecule has 1 aliphatic heterocycles. The summed E-state index contributed by atoms with van der Waals surface area (Å²) in [5.74, 6) is -1.52. The number of hydrogen-bond acceptors (Lipinski definition) is 5. The molecular formula is C20H24FN3O5S. The van der Waals surface area contributed by atoms with Crippen molar-refractivity contribution in [2.24, 2.45) is 7.05 Å². The summed E-state index contributed by atoms with van der Waals surface area (Å²) in [5.41, 5.74) is 1.07. The fraction of sp³-hybridized carbons (Fsp3) is 0.400. The maximum Gasteiger partial charge on any atom is 0.354 e. The first-order chi connectivity index (χ1) is 14.1. The first-order valence-corrected chi connectivity index (χ1v) is 11.0. The minimum atomic E-state index is -4.01. The van der Waals surface area contributed by atoms with Crippen LogP contribution in [0.25, 0.3) is 0 Å². The van der Waals surface area contributed by atoms with Gasteiger partial charge in [0.2, 0.25) is 15.9 Å². The fourth-order valence-electron chi connectivity index (χ4n) is 3.49. The highest BCUT2D eigenvalue weighted by atomic mass is 32.2. The summed E-state index contributed by atoms with van der Waals surface area (Å²) in [4.78, 5) is 24.8. The van der Waals surface area contributed by atoms with Crippen molar-refractivity contribution in [3.63, 3.8) is 0 Å². The molecule has 10 heteroatoms. The number of aryl methyl sites for hydroxylation is 2. The number of benzene rings is 1. The number of nitrogens with zero attached hydrogens (tertiary/aromatic N) is 2. The number of rotatable bonds is 6. The Labute approximate surface area is 174 Å². The molecule has 162 valence electrons.